The summed E-state index contributed by atoms with van der Waals surface area (Å²) in [5.74, 6) is 0.336. The van der Waals surface area contributed by atoms with Gasteiger partial charge in [-0.3, -0.25) is 9.59 Å². The van der Waals surface area contributed by atoms with Gasteiger partial charge in [-0.05, 0) is 25.5 Å². The van der Waals surface area contributed by atoms with Gasteiger partial charge in [0.2, 0.25) is 5.91 Å². The van der Waals surface area contributed by atoms with Gasteiger partial charge in [-0.15, -0.1) is 0 Å². The van der Waals surface area contributed by atoms with E-state index in [0.29, 0.717) is 23.6 Å². The average Bonchev–Trinajstić information content (AvgIpc) is 2.28. The summed E-state index contributed by atoms with van der Waals surface area (Å²) in [4.78, 5) is 22.4. The first-order chi connectivity index (χ1) is 8.54. The Labute approximate surface area is 107 Å². The van der Waals surface area contributed by atoms with Gasteiger partial charge in [-0.2, -0.15) is 0 Å². The van der Waals surface area contributed by atoms with Crippen LogP contribution in [0.3, 0.4) is 0 Å². The lowest BCUT2D eigenvalue weighted by atomic mass is 10.1. The molecule has 98 valence electrons. The summed E-state index contributed by atoms with van der Waals surface area (Å²) in [7, 11) is 0. The van der Waals surface area contributed by atoms with E-state index in [4.69, 9.17) is 4.74 Å². The lowest BCUT2D eigenvalue weighted by Crippen LogP contribution is -2.08. The average molecular weight is 249 g/mol. The van der Waals surface area contributed by atoms with E-state index in [1.54, 1.807) is 18.2 Å². The Morgan fingerprint density at radius 1 is 1.28 bits per heavy atom. The summed E-state index contributed by atoms with van der Waals surface area (Å²) >= 11 is 0. The van der Waals surface area contributed by atoms with Gasteiger partial charge in [-0.1, -0.05) is 13.3 Å². The summed E-state index contributed by atoms with van der Waals surface area (Å²) in [6, 6.07) is 5.06. The summed E-state index contributed by atoms with van der Waals surface area (Å²) in [5, 5.41) is 2.67. The molecule has 0 heterocycles. The predicted molar refractivity (Wildman–Crippen MR) is 71.2 cm³/mol. The molecule has 18 heavy (non-hydrogen) atoms. The van der Waals surface area contributed by atoms with Crippen molar-refractivity contribution in [3.05, 3.63) is 23.8 Å². The molecule has 0 saturated heterocycles. The van der Waals surface area contributed by atoms with E-state index in [0.717, 1.165) is 12.8 Å². The summed E-state index contributed by atoms with van der Waals surface area (Å²) < 4.78 is 5.59. The zero-order valence-electron chi connectivity index (χ0n) is 11.1. The number of ether oxygens (including phenoxy) is 1. The number of carbonyl (C=O) groups is 2. The van der Waals surface area contributed by atoms with Crippen LogP contribution in [-0.4, -0.2) is 18.3 Å². The Morgan fingerprint density at radius 2 is 2.00 bits per heavy atom. The number of amides is 1. The van der Waals surface area contributed by atoms with Gasteiger partial charge in [-0.25, -0.2) is 0 Å². The predicted octanol–water partition coefficient (Wildman–Crippen LogP) is 3.03. The molecule has 4 nitrogen and oxygen atoms in total. The normalized spacial score (nSPS) is 9.94. The van der Waals surface area contributed by atoms with Crippen LogP contribution in [0.25, 0.3) is 0 Å². The standard InChI is InChI=1S/C14H19NO3/c1-4-5-8-18-14-9-12(15-11(3)17)6-7-13(14)10(2)16/h6-7,9H,4-5,8H2,1-3H3,(H,15,17). The molecule has 1 aromatic carbocycles. The minimum atomic E-state index is -0.148. The van der Waals surface area contributed by atoms with Crippen molar-refractivity contribution in [3.8, 4) is 5.75 Å². The monoisotopic (exact) mass is 249 g/mol. The second-order valence-corrected chi connectivity index (χ2v) is 4.15. The second kappa shape index (κ2) is 6.79. The number of unbranched alkanes of at least 4 members (excludes halogenated alkanes) is 1. The van der Waals surface area contributed by atoms with Crippen molar-refractivity contribution < 1.29 is 14.3 Å². The van der Waals surface area contributed by atoms with Crippen molar-refractivity contribution >= 4 is 17.4 Å². The third-order valence-electron chi connectivity index (χ3n) is 2.44. The van der Waals surface area contributed by atoms with Crippen LogP contribution in [-0.2, 0) is 4.79 Å². The number of Topliss-reactive ketones (excluding diaryl/α,β-unsaturated/α-hetero) is 1. The molecule has 0 radical (unpaired) electrons. The van der Waals surface area contributed by atoms with E-state index in [2.05, 4.69) is 12.2 Å². The van der Waals surface area contributed by atoms with E-state index in [-0.39, 0.29) is 11.7 Å². The van der Waals surface area contributed by atoms with Crippen LogP contribution in [0.5, 0.6) is 5.75 Å². The van der Waals surface area contributed by atoms with Crippen molar-refractivity contribution in [1.82, 2.24) is 0 Å². The van der Waals surface area contributed by atoms with E-state index >= 15 is 0 Å². The molecule has 0 bridgehead atoms. The maximum atomic E-state index is 11.5. The topological polar surface area (TPSA) is 55.4 Å². The fourth-order valence-electron chi connectivity index (χ4n) is 1.54. The van der Waals surface area contributed by atoms with Crippen LogP contribution >= 0.6 is 0 Å². The Morgan fingerprint density at radius 3 is 2.56 bits per heavy atom. The molecule has 1 rings (SSSR count). The molecule has 1 amide bonds. The largest absolute Gasteiger partial charge is 0.493 e. The minimum absolute atomic E-state index is 0.0455. The summed E-state index contributed by atoms with van der Waals surface area (Å²) in [5.41, 5.74) is 1.18. The van der Waals surface area contributed by atoms with Gasteiger partial charge in [0.05, 0.1) is 12.2 Å². The van der Waals surface area contributed by atoms with Crippen molar-refractivity contribution in [2.45, 2.75) is 33.6 Å². The molecule has 0 aliphatic rings. The molecule has 0 unspecified atom stereocenters. The van der Waals surface area contributed by atoms with Crippen molar-refractivity contribution in [1.29, 1.82) is 0 Å². The number of nitrogens with one attached hydrogen (secondary N) is 1. The summed E-state index contributed by atoms with van der Waals surface area (Å²) in [6.45, 7) is 5.58. The number of hydrogen-bond donors (Lipinski definition) is 1. The SMILES string of the molecule is CCCCOc1cc(NC(C)=O)ccc1C(C)=O. The van der Waals surface area contributed by atoms with E-state index in [1.165, 1.54) is 13.8 Å². The molecule has 0 aliphatic carbocycles. The highest BCUT2D eigenvalue weighted by molar-refractivity contribution is 5.98. The third kappa shape index (κ3) is 4.20. The molecule has 1 aromatic rings. The van der Waals surface area contributed by atoms with Crippen LogP contribution in [0.4, 0.5) is 5.69 Å². The molecular formula is C14H19NO3. The quantitative estimate of drug-likeness (QED) is 0.622. The minimum Gasteiger partial charge on any atom is -0.493 e. The van der Waals surface area contributed by atoms with E-state index < -0.39 is 0 Å². The molecule has 4 heteroatoms. The first-order valence-corrected chi connectivity index (χ1v) is 6.10. The first-order valence-electron chi connectivity index (χ1n) is 6.10. The number of rotatable bonds is 6. The molecule has 1 N–H and O–H groups in total. The number of ketones is 1. The second-order valence-electron chi connectivity index (χ2n) is 4.15. The van der Waals surface area contributed by atoms with Gasteiger partial charge >= 0.3 is 0 Å². The van der Waals surface area contributed by atoms with Gasteiger partial charge < -0.3 is 10.1 Å². The Balaban J connectivity index is 2.92. The first kappa shape index (κ1) is 14.2. The zero-order chi connectivity index (χ0) is 13.5. The third-order valence-corrected chi connectivity index (χ3v) is 2.44. The fraction of sp³-hybridized carbons (Fsp3) is 0.429. The summed E-state index contributed by atoms with van der Waals surface area (Å²) in [6.07, 6.45) is 1.96. The Bertz CT molecular complexity index is 441. The van der Waals surface area contributed by atoms with Gasteiger partial charge in [0.1, 0.15) is 5.75 Å². The molecule has 0 saturated carbocycles. The van der Waals surface area contributed by atoms with Crippen LogP contribution in [0.15, 0.2) is 18.2 Å². The van der Waals surface area contributed by atoms with Crippen LogP contribution < -0.4 is 10.1 Å². The molecule has 0 aromatic heterocycles. The highest BCUT2D eigenvalue weighted by Crippen LogP contribution is 2.24. The van der Waals surface area contributed by atoms with Crippen LogP contribution in [0.1, 0.15) is 44.0 Å². The van der Waals surface area contributed by atoms with Gasteiger partial charge in [0.15, 0.2) is 5.78 Å². The molecule has 0 atom stereocenters. The Kier molecular flexibility index (Phi) is 5.36. The number of carbonyl (C=O) groups excluding carboxylic acids is 2. The smallest absolute Gasteiger partial charge is 0.221 e. The van der Waals surface area contributed by atoms with Gasteiger partial charge in [0.25, 0.3) is 0 Å². The van der Waals surface area contributed by atoms with Crippen molar-refractivity contribution in [2.75, 3.05) is 11.9 Å². The maximum absolute atomic E-state index is 11.5. The molecule has 0 spiro atoms. The van der Waals surface area contributed by atoms with Crippen molar-refractivity contribution in [2.24, 2.45) is 0 Å². The number of anilines is 1. The fourth-order valence-corrected chi connectivity index (χ4v) is 1.54. The van der Waals surface area contributed by atoms with E-state index in [9.17, 15) is 9.59 Å². The van der Waals surface area contributed by atoms with Crippen molar-refractivity contribution in [3.63, 3.8) is 0 Å². The molecule has 0 fully saturated rings. The Hall–Kier alpha value is -1.84. The highest BCUT2D eigenvalue weighted by atomic mass is 16.5. The lowest BCUT2D eigenvalue weighted by molar-refractivity contribution is -0.114. The number of hydrogen-bond acceptors (Lipinski definition) is 3. The molecular weight excluding hydrogens is 230 g/mol. The zero-order valence-corrected chi connectivity index (χ0v) is 11.1. The maximum Gasteiger partial charge on any atom is 0.221 e. The van der Waals surface area contributed by atoms with Crippen LogP contribution in [0.2, 0.25) is 0 Å². The highest BCUT2D eigenvalue weighted by Gasteiger charge is 2.10. The van der Waals surface area contributed by atoms with Gasteiger partial charge in [0, 0.05) is 18.7 Å². The lowest BCUT2D eigenvalue weighted by Gasteiger charge is -2.11. The van der Waals surface area contributed by atoms with Crippen LogP contribution in [0, 0.1) is 0 Å². The van der Waals surface area contributed by atoms with E-state index in [1.807, 2.05) is 0 Å². The molecule has 0 aliphatic heterocycles. The number of benzene rings is 1.